The van der Waals surface area contributed by atoms with E-state index in [9.17, 15) is 14.4 Å². The van der Waals surface area contributed by atoms with Gasteiger partial charge in [-0.1, -0.05) is 12.2 Å². The van der Waals surface area contributed by atoms with Gasteiger partial charge in [0.1, 0.15) is 5.75 Å². The summed E-state index contributed by atoms with van der Waals surface area (Å²) in [5.74, 6) is -1.55. The summed E-state index contributed by atoms with van der Waals surface area (Å²) >= 11 is 0. The standard InChI is InChI=1S/C16H15NO5/c18-14(19)9-22-11-7-5-10(6-8-11)17-15(20)12-3-1-2-4-13(12)16(17)21/h1-2,5-8,12-13H,3-4,9H2,(H,18,19)/t12-,13-/m0/s1. The van der Waals surface area contributed by atoms with Crippen LogP contribution in [-0.4, -0.2) is 29.5 Å². The van der Waals surface area contributed by atoms with Crippen molar-refractivity contribution in [1.29, 1.82) is 0 Å². The first-order valence-corrected chi connectivity index (χ1v) is 7.05. The van der Waals surface area contributed by atoms with E-state index in [-0.39, 0.29) is 23.7 Å². The van der Waals surface area contributed by atoms with Crippen molar-refractivity contribution in [2.24, 2.45) is 11.8 Å². The Hall–Kier alpha value is -2.63. The van der Waals surface area contributed by atoms with Crippen LogP contribution in [0.5, 0.6) is 5.75 Å². The molecule has 0 aromatic heterocycles. The highest BCUT2D eigenvalue weighted by Gasteiger charge is 2.47. The monoisotopic (exact) mass is 301 g/mol. The van der Waals surface area contributed by atoms with Crippen molar-refractivity contribution < 1.29 is 24.2 Å². The quantitative estimate of drug-likeness (QED) is 0.674. The van der Waals surface area contributed by atoms with Gasteiger partial charge in [-0.15, -0.1) is 0 Å². The summed E-state index contributed by atoms with van der Waals surface area (Å²) < 4.78 is 5.04. The van der Waals surface area contributed by atoms with E-state index in [0.717, 1.165) is 0 Å². The maximum absolute atomic E-state index is 12.4. The predicted octanol–water partition coefficient (Wildman–Crippen LogP) is 1.61. The Morgan fingerprint density at radius 2 is 1.64 bits per heavy atom. The number of rotatable bonds is 4. The minimum atomic E-state index is -1.06. The third-order valence-corrected chi connectivity index (χ3v) is 3.96. The highest BCUT2D eigenvalue weighted by Crippen LogP contribution is 2.37. The number of anilines is 1. The molecule has 2 atom stereocenters. The number of carbonyl (C=O) groups is 3. The molecule has 0 bridgehead atoms. The Bertz CT molecular complexity index is 623. The second-order valence-electron chi connectivity index (χ2n) is 5.34. The summed E-state index contributed by atoms with van der Waals surface area (Å²) in [6.07, 6.45) is 5.09. The minimum absolute atomic E-state index is 0.168. The van der Waals surface area contributed by atoms with E-state index in [2.05, 4.69) is 0 Å². The average molecular weight is 301 g/mol. The first kappa shape index (κ1) is 14.3. The molecule has 0 radical (unpaired) electrons. The van der Waals surface area contributed by atoms with Gasteiger partial charge in [0.05, 0.1) is 17.5 Å². The summed E-state index contributed by atoms with van der Waals surface area (Å²) in [4.78, 5) is 36.5. The van der Waals surface area contributed by atoms with Gasteiger partial charge in [0.15, 0.2) is 6.61 Å². The van der Waals surface area contributed by atoms with Crippen LogP contribution >= 0.6 is 0 Å². The molecule has 1 aliphatic heterocycles. The lowest BCUT2D eigenvalue weighted by atomic mass is 9.85. The van der Waals surface area contributed by atoms with Crippen molar-refractivity contribution in [3.63, 3.8) is 0 Å². The van der Waals surface area contributed by atoms with E-state index in [0.29, 0.717) is 24.3 Å². The lowest BCUT2D eigenvalue weighted by Gasteiger charge is -2.15. The molecule has 1 fully saturated rings. The van der Waals surface area contributed by atoms with Crippen LogP contribution in [0, 0.1) is 11.8 Å². The zero-order valence-electron chi connectivity index (χ0n) is 11.8. The number of nitrogens with zero attached hydrogens (tertiary/aromatic N) is 1. The van der Waals surface area contributed by atoms with E-state index >= 15 is 0 Å². The topological polar surface area (TPSA) is 83.9 Å². The van der Waals surface area contributed by atoms with Gasteiger partial charge >= 0.3 is 5.97 Å². The highest BCUT2D eigenvalue weighted by molar-refractivity contribution is 6.22. The summed E-state index contributed by atoms with van der Waals surface area (Å²) in [5.41, 5.74) is 0.493. The number of hydrogen-bond donors (Lipinski definition) is 1. The Morgan fingerprint density at radius 3 is 2.14 bits per heavy atom. The summed E-state index contributed by atoms with van der Waals surface area (Å²) in [6.45, 7) is -0.434. The zero-order valence-corrected chi connectivity index (χ0v) is 11.8. The largest absolute Gasteiger partial charge is 0.482 e. The fourth-order valence-electron chi connectivity index (χ4n) is 2.89. The third-order valence-electron chi connectivity index (χ3n) is 3.96. The Labute approximate surface area is 127 Å². The maximum atomic E-state index is 12.4. The molecule has 3 rings (SSSR count). The maximum Gasteiger partial charge on any atom is 0.341 e. The zero-order chi connectivity index (χ0) is 15.7. The number of carboxylic acids is 1. The molecular formula is C16H15NO5. The average Bonchev–Trinajstić information content (AvgIpc) is 2.78. The van der Waals surface area contributed by atoms with Gasteiger partial charge in [0.2, 0.25) is 11.8 Å². The van der Waals surface area contributed by atoms with E-state index in [1.165, 1.54) is 4.90 Å². The van der Waals surface area contributed by atoms with Crippen molar-refractivity contribution in [1.82, 2.24) is 0 Å². The van der Waals surface area contributed by atoms with Gasteiger partial charge in [-0.2, -0.15) is 0 Å². The van der Waals surface area contributed by atoms with Crippen LogP contribution in [0.2, 0.25) is 0 Å². The molecule has 2 aliphatic rings. The molecule has 6 heteroatoms. The fraction of sp³-hybridized carbons (Fsp3) is 0.312. The summed E-state index contributed by atoms with van der Waals surface area (Å²) in [7, 11) is 0. The van der Waals surface area contributed by atoms with E-state index in [1.54, 1.807) is 24.3 Å². The molecule has 0 spiro atoms. The highest BCUT2D eigenvalue weighted by atomic mass is 16.5. The number of imide groups is 1. The Morgan fingerprint density at radius 1 is 1.09 bits per heavy atom. The molecular weight excluding hydrogens is 286 g/mol. The van der Waals surface area contributed by atoms with Gasteiger partial charge in [-0.3, -0.25) is 14.5 Å². The van der Waals surface area contributed by atoms with E-state index in [1.807, 2.05) is 12.2 Å². The molecule has 1 saturated heterocycles. The lowest BCUT2D eigenvalue weighted by Crippen LogP contribution is -2.30. The molecule has 22 heavy (non-hydrogen) atoms. The van der Waals surface area contributed by atoms with Crippen molar-refractivity contribution in [2.75, 3.05) is 11.5 Å². The van der Waals surface area contributed by atoms with Crippen LogP contribution in [0.15, 0.2) is 36.4 Å². The number of carboxylic acid groups (broad SMARTS) is 1. The second kappa shape index (κ2) is 5.63. The van der Waals surface area contributed by atoms with Crippen LogP contribution in [0.25, 0.3) is 0 Å². The van der Waals surface area contributed by atoms with Crippen LogP contribution in [0.3, 0.4) is 0 Å². The van der Waals surface area contributed by atoms with Gasteiger partial charge in [-0.25, -0.2) is 4.79 Å². The normalized spacial score (nSPS) is 23.5. The summed E-state index contributed by atoms with van der Waals surface area (Å²) in [6, 6.07) is 6.30. The van der Waals surface area contributed by atoms with Gasteiger partial charge < -0.3 is 9.84 Å². The molecule has 114 valence electrons. The van der Waals surface area contributed by atoms with Crippen molar-refractivity contribution in [3.8, 4) is 5.75 Å². The number of fused-ring (bicyclic) bond motifs is 1. The third kappa shape index (κ3) is 2.47. The Balaban J connectivity index is 1.78. The number of aliphatic carboxylic acids is 1. The van der Waals surface area contributed by atoms with Crippen molar-refractivity contribution in [2.45, 2.75) is 12.8 Å². The number of amides is 2. The van der Waals surface area contributed by atoms with Crippen molar-refractivity contribution >= 4 is 23.5 Å². The number of hydrogen-bond acceptors (Lipinski definition) is 4. The fourth-order valence-corrected chi connectivity index (χ4v) is 2.89. The van der Waals surface area contributed by atoms with Gasteiger partial charge in [0, 0.05) is 0 Å². The van der Waals surface area contributed by atoms with Crippen LogP contribution in [-0.2, 0) is 14.4 Å². The number of ether oxygens (including phenoxy) is 1. The summed E-state index contributed by atoms with van der Waals surface area (Å²) in [5, 5.41) is 8.56. The van der Waals surface area contributed by atoms with E-state index in [4.69, 9.17) is 9.84 Å². The lowest BCUT2D eigenvalue weighted by molar-refractivity contribution is -0.139. The van der Waals surface area contributed by atoms with Crippen LogP contribution in [0.1, 0.15) is 12.8 Å². The molecule has 1 aromatic rings. The number of benzene rings is 1. The number of carbonyl (C=O) groups excluding carboxylic acids is 2. The van der Waals surface area contributed by atoms with Gasteiger partial charge in [0.25, 0.3) is 0 Å². The molecule has 2 amide bonds. The molecule has 1 N–H and O–H groups in total. The molecule has 1 heterocycles. The second-order valence-corrected chi connectivity index (χ2v) is 5.34. The first-order valence-electron chi connectivity index (χ1n) is 7.05. The minimum Gasteiger partial charge on any atom is -0.482 e. The molecule has 0 unspecified atom stereocenters. The van der Waals surface area contributed by atoms with Crippen LogP contribution in [0.4, 0.5) is 5.69 Å². The molecule has 1 aliphatic carbocycles. The van der Waals surface area contributed by atoms with Crippen LogP contribution < -0.4 is 9.64 Å². The Kier molecular flexibility index (Phi) is 3.66. The van der Waals surface area contributed by atoms with E-state index < -0.39 is 12.6 Å². The van der Waals surface area contributed by atoms with Crippen molar-refractivity contribution in [3.05, 3.63) is 36.4 Å². The first-order chi connectivity index (χ1) is 10.6. The predicted molar refractivity (Wildman–Crippen MR) is 77.4 cm³/mol. The molecule has 6 nitrogen and oxygen atoms in total. The smallest absolute Gasteiger partial charge is 0.341 e. The SMILES string of the molecule is O=C(O)COc1ccc(N2C(=O)[C@H]3CC=CC[C@@H]3C2=O)cc1. The molecule has 1 aromatic carbocycles. The molecule has 0 saturated carbocycles. The van der Waals surface area contributed by atoms with Gasteiger partial charge in [-0.05, 0) is 37.1 Å². The number of allylic oxidation sites excluding steroid dienone is 2.